The number of rotatable bonds is 4. The van der Waals surface area contributed by atoms with E-state index in [2.05, 4.69) is 5.32 Å². The van der Waals surface area contributed by atoms with Crippen molar-refractivity contribution in [1.82, 2.24) is 19.7 Å². The fourth-order valence-corrected chi connectivity index (χ4v) is 3.62. The number of hydrogen-bond acceptors (Lipinski definition) is 3. The van der Waals surface area contributed by atoms with Crippen LogP contribution in [-0.4, -0.2) is 27.4 Å². The monoisotopic (exact) mass is 312 g/mol. The first-order valence-electron chi connectivity index (χ1n) is 8.79. The van der Waals surface area contributed by atoms with Crippen LogP contribution in [-0.2, 0) is 6.54 Å². The average Bonchev–Trinajstić information content (AvgIpc) is 2.89. The minimum atomic E-state index is 0.0173. The number of hydrogen-bond donors (Lipinski definition) is 1. The molecule has 2 heterocycles. The minimum Gasteiger partial charge on any atom is -0.316 e. The number of para-hydroxylation sites is 1. The molecule has 1 saturated heterocycles. The zero-order valence-corrected chi connectivity index (χ0v) is 13.4. The van der Waals surface area contributed by atoms with Crippen molar-refractivity contribution < 1.29 is 0 Å². The maximum Gasteiger partial charge on any atom is 0.350 e. The lowest BCUT2D eigenvalue weighted by atomic mass is 9.85. The number of benzene rings is 1. The summed E-state index contributed by atoms with van der Waals surface area (Å²) in [5.41, 5.74) is 0.946. The molecule has 122 valence electrons. The molecule has 1 N–H and O–H groups in total. The van der Waals surface area contributed by atoms with E-state index in [1.807, 2.05) is 34.9 Å². The standard InChI is InChI=1S/C18H24N4O/c23-18-21(13-14-6-4-7-14)20-17(15-8-5-11-19-12-15)22(18)16-9-2-1-3-10-16/h1-3,9-10,14-15,19H,4-8,11-13H2. The van der Waals surface area contributed by atoms with Gasteiger partial charge in [0.05, 0.1) is 5.69 Å². The first-order valence-corrected chi connectivity index (χ1v) is 8.79. The molecule has 2 aliphatic rings. The molecule has 1 unspecified atom stereocenters. The van der Waals surface area contributed by atoms with Crippen LogP contribution in [0.3, 0.4) is 0 Å². The highest BCUT2D eigenvalue weighted by molar-refractivity contribution is 5.33. The van der Waals surface area contributed by atoms with Crippen LogP contribution in [0.4, 0.5) is 0 Å². The van der Waals surface area contributed by atoms with E-state index in [1.54, 1.807) is 4.68 Å². The predicted octanol–water partition coefficient (Wildman–Crippen LogP) is 2.30. The lowest BCUT2D eigenvalue weighted by Crippen LogP contribution is -2.31. The maximum atomic E-state index is 13.0. The first-order chi connectivity index (χ1) is 11.3. The summed E-state index contributed by atoms with van der Waals surface area (Å²) in [5, 5.41) is 8.20. The molecule has 23 heavy (non-hydrogen) atoms. The van der Waals surface area contributed by atoms with E-state index in [4.69, 9.17) is 5.10 Å². The number of nitrogens with one attached hydrogen (secondary N) is 1. The Morgan fingerprint density at radius 2 is 1.96 bits per heavy atom. The number of aromatic nitrogens is 3. The normalized spacial score (nSPS) is 22.0. The van der Waals surface area contributed by atoms with E-state index >= 15 is 0 Å². The van der Waals surface area contributed by atoms with Crippen molar-refractivity contribution >= 4 is 0 Å². The van der Waals surface area contributed by atoms with Crippen LogP contribution in [0, 0.1) is 5.92 Å². The third-order valence-corrected chi connectivity index (χ3v) is 5.20. The Labute approximate surface area is 136 Å². The van der Waals surface area contributed by atoms with Gasteiger partial charge in [0.2, 0.25) is 0 Å². The van der Waals surface area contributed by atoms with Crippen molar-refractivity contribution in [2.24, 2.45) is 5.92 Å². The van der Waals surface area contributed by atoms with Crippen LogP contribution in [0.2, 0.25) is 0 Å². The van der Waals surface area contributed by atoms with E-state index in [9.17, 15) is 4.79 Å². The molecular formula is C18H24N4O. The van der Waals surface area contributed by atoms with Gasteiger partial charge in [-0.3, -0.25) is 0 Å². The molecule has 1 aliphatic heterocycles. The number of nitrogens with zero attached hydrogens (tertiary/aromatic N) is 3. The molecule has 0 spiro atoms. The van der Waals surface area contributed by atoms with Crippen molar-refractivity contribution in [2.45, 2.75) is 44.6 Å². The smallest absolute Gasteiger partial charge is 0.316 e. The van der Waals surface area contributed by atoms with E-state index in [0.29, 0.717) is 11.8 Å². The molecule has 1 aliphatic carbocycles. The topological polar surface area (TPSA) is 51.9 Å². The van der Waals surface area contributed by atoms with E-state index < -0.39 is 0 Å². The number of piperidine rings is 1. The van der Waals surface area contributed by atoms with E-state index in [-0.39, 0.29) is 5.69 Å². The lowest BCUT2D eigenvalue weighted by Gasteiger charge is -2.24. The van der Waals surface area contributed by atoms with Gasteiger partial charge in [-0.1, -0.05) is 24.6 Å². The van der Waals surface area contributed by atoms with Gasteiger partial charge in [0, 0.05) is 19.0 Å². The highest BCUT2D eigenvalue weighted by Gasteiger charge is 2.26. The quantitative estimate of drug-likeness (QED) is 0.942. The molecule has 2 fully saturated rings. The van der Waals surface area contributed by atoms with Gasteiger partial charge in [-0.15, -0.1) is 0 Å². The minimum absolute atomic E-state index is 0.0173. The van der Waals surface area contributed by atoms with Gasteiger partial charge in [0.1, 0.15) is 5.82 Å². The third-order valence-electron chi connectivity index (χ3n) is 5.20. The molecule has 0 amide bonds. The fraction of sp³-hybridized carbons (Fsp3) is 0.556. The molecule has 5 heteroatoms. The summed E-state index contributed by atoms with van der Waals surface area (Å²) in [5.74, 6) is 1.87. The summed E-state index contributed by atoms with van der Waals surface area (Å²) in [6.07, 6.45) is 5.98. The molecule has 1 aromatic heterocycles. The van der Waals surface area contributed by atoms with Gasteiger partial charge >= 0.3 is 5.69 Å². The van der Waals surface area contributed by atoms with E-state index in [0.717, 1.165) is 44.0 Å². The van der Waals surface area contributed by atoms with Crippen LogP contribution < -0.4 is 11.0 Å². The summed E-state index contributed by atoms with van der Waals surface area (Å²) in [6, 6.07) is 9.93. The molecule has 2 aromatic rings. The van der Waals surface area contributed by atoms with Crippen LogP contribution in [0.25, 0.3) is 5.69 Å². The van der Waals surface area contributed by atoms with Gasteiger partial charge in [-0.2, -0.15) is 5.10 Å². The Hall–Kier alpha value is -1.88. The van der Waals surface area contributed by atoms with Crippen LogP contribution >= 0.6 is 0 Å². The summed E-state index contributed by atoms with van der Waals surface area (Å²) < 4.78 is 3.54. The second kappa shape index (κ2) is 6.32. The SMILES string of the molecule is O=c1n(CC2CCC2)nc(C2CCCNC2)n1-c1ccccc1. The highest BCUT2D eigenvalue weighted by Crippen LogP contribution is 2.28. The Bertz CT molecular complexity index is 708. The Balaban J connectivity index is 1.75. The van der Waals surface area contributed by atoms with Gasteiger partial charge in [0.15, 0.2) is 0 Å². The first kappa shape index (κ1) is 14.7. The zero-order chi connectivity index (χ0) is 15.6. The molecule has 1 atom stereocenters. The molecule has 1 saturated carbocycles. The summed E-state index contributed by atoms with van der Waals surface area (Å²) >= 11 is 0. The van der Waals surface area contributed by atoms with E-state index in [1.165, 1.54) is 19.3 Å². The predicted molar refractivity (Wildman–Crippen MR) is 90.0 cm³/mol. The van der Waals surface area contributed by atoms with Crippen molar-refractivity contribution in [3.05, 3.63) is 46.6 Å². The summed E-state index contributed by atoms with van der Waals surface area (Å²) in [4.78, 5) is 13.0. The Kier molecular flexibility index (Phi) is 4.04. The van der Waals surface area contributed by atoms with Gasteiger partial charge in [-0.05, 0) is 50.3 Å². The summed E-state index contributed by atoms with van der Waals surface area (Å²) in [6.45, 7) is 2.74. The molecular weight excluding hydrogens is 288 g/mol. The third kappa shape index (κ3) is 2.85. The molecule has 4 rings (SSSR count). The highest BCUT2D eigenvalue weighted by atomic mass is 16.2. The van der Waals surface area contributed by atoms with Crippen molar-refractivity contribution in [2.75, 3.05) is 13.1 Å². The van der Waals surface area contributed by atoms with Crippen LogP contribution in [0.1, 0.15) is 43.8 Å². The van der Waals surface area contributed by atoms with Gasteiger partial charge in [-0.25, -0.2) is 14.0 Å². The van der Waals surface area contributed by atoms with Crippen LogP contribution in [0.15, 0.2) is 35.1 Å². The largest absolute Gasteiger partial charge is 0.350 e. The Morgan fingerprint density at radius 1 is 1.13 bits per heavy atom. The molecule has 0 radical (unpaired) electrons. The van der Waals surface area contributed by atoms with Crippen LogP contribution in [0.5, 0.6) is 0 Å². The van der Waals surface area contributed by atoms with Crippen molar-refractivity contribution in [3.63, 3.8) is 0 Å². The van der Waals surface area contributed by atoms with Gasteiger partial charge < -0.3 is 5.32 Å². The Morgan fingerprint density at radius 3 is 2.61 bits per heavy atom. The fourth-order valence-electron chi connectivity index (χ4n) is 3.62. The molecule has 1 aromatic carbocycles. The zero-order valence-electron chi connectivity index (χ0n) is 13.4. The second-order valence-corrected chi connectivity index (χ2v) is 6.83. The maximum absolute atomic E-state index is 13.0. The average molecular weight is 312 g/mol. The van der Waals surface area contributed by atoms with Gasteiger partial charge in [0.25, 0.3) is 0 Å². The lowest BCUT2D eigenvalue weighted by molar-refractivity contribution is 0.262. The van der Waals surface area contributed by atoms with Crippen molar-refractivity contribution in [3.8, 4) is 5.69 Å². The second-order valence-electron chi connectivity index (χ2n) is 6.83. The summed E-state index contributed by atoms with van der Waals surface area (Å²) in [7, 11) is 0. The molecule has 5 nitrogen and oxygen atoms in total. The van der Waals surface area contributed by atoms with Crippen molar-refractivity contribution in [1.29, 1.82) is 0 Å². The molecule has 0 bridgehead atoms.